The number of Topliss-reactive ketones (excluding diaryl/α,β-unsaturated/α-hetero) is 1. The van der Waals surface area contributed by atoms with Crippen LogP contribution in [0.25, 0.3) is 0 Å². The van der Waals surface area contributed by atoms with E-state index in [-0.39, 0.29) is 41.4 Å². The molecule has 2 aromatic carbocycles. The second kappa shape index (κ2) is 11.7. The van der Waals surface area contributed by atoms with Crippen LogP contribution in [0.5, 0.6) is 5.75 Å². The maximum atomic E-state index is 13.7. The van der Waals surface area contributed by atoms with Gasteiger partial charge in [-0.15, -0.1) is 0 Å². The second-order valence-electron chi connectivity index (χ2n) is 12.5. The van der Waals surface area contributed by atoms with E-state index in [9.17, 15) is 15.0 Å². The van der Waals surface area contributed by atoms with Crippen molar-refractivity contribution in [1.29, 1.82) is 0 Å². The van der Waals surface area contributed by atoms with E-state index >= 15 is 0 Å². The van der Waals surface area contributed by atoms with E-state index in [1.54, 1.807) is 0 Å². The van der Waals surface area contributed by atoms with Gasteiger partial charge in [0, 0.05) is 29.2 Å². The summed E-state index contributed by atoms with van der Waals surface area (Å²) in [5.74, 6) is 1.73. The highest BCUT2D eigenvalue weighted by Crippen LogP contribution is 2.40. The van der Waals surface area contributed by atoms with Crippen molar-refractivity contribution in [3.05, 3.63) is 64.2 Å². The predicted octanol–water partition coefficient (Wildman–Crippen LogP) is 6.96. The van der Waals surface area contributed by atoms with E-state index in [0.29, 0.717) is 11.5 Å². The summed E-state index contributed by atoms with van der Waals surface area (Å²) in [6, 6.07) is 11.7. The number of carbonyl (C=O) groups is 1. The summed E-state index contributed by atoms with van der Waals surface area (Å²) >= 11 is 3.37. The molecule has 6 heteroatoms. The van der Waals surface area contributed by atoms with E-state index < -0.39 is 0 Å². The fraction of sp³-hybridized carbons (Fsp3) is 0.548. The molecule has 1 aliphatic heterocycles. The van der Waals surface area contributed by atoms with E-state index in [1.807, 2.05) is 30.3 Å². The highest BCUT2D eigenvalue weighted by atomic mass is 79.9. The lowest BCUT2D eigenvalue weighted by atomic mass is 9.78. The quantitative estimate of drug-likeness (QED) is 0.336. The number of aliphatic hydroxyl groups is 1. The van der Waals surface area contributed by atoms with Gasteiger partial charge in [-0.2, -0.15) is 4.02 Å². The summed E-state index contributed by atoms with van der Waals surface area (Å²) in [7, 11) is 0. The molecule has 0 unspecified atom stereocenters. The standard InChI is InChI=1S/C31H43BrN2O3/c1-8-11-21-17-34(29(33-32)24(21)14-20-12-9-10-13-22(20)19-35)18-27(36)23-15-25(30(2,3)4)28(37)26(16-23)31(5,6)7/h9-10,12-13,15-16,21,24,35,37H,8,11,14,17-19H2,1-7H3/t21-,24+/m0/s1. The SMILES string of the molecule is CCC[C@H]1CN(CC(=O)c2cc(C(C)(C)C)c(O)c(C(C)(C)C)c2)C(=NBr)[C@@H]1Cc1ccccc1CO. The molecule has 3 rings (SSSR count). The first-order valence-electron chi connectivity index (χ1n) is 13.3. The Hall–Kier alpha value is -2.18. The Morgan fingerprint density at radius 2 is 1.62 bits per heavy atom. The first kappa shape index (κ1) is 29.4. The van der Waals surface area contributed by atoms with Crippen molar-refractivity contribution < 1.29 is 15.0 Å². The van der Waals surface area contributed by atoms with Crippen molar-refractivity contribution in [3.8, 4) is 5.75 Å². The first-order valence-corrected chi connectivity index (χ1v) is 14.0. The molecule has 0 aliphatic carbocycles. The number of benzene rings is 2. The van der Waals surface area contributed by atoms with Crippen LogP contribution in [0.4, 0.5) is 0 Å². The smallest absolute Gasteiger partial charge is 0.182 e. The van der Waals surface area contributed by atoms with Gasteiger partial charge in [-0.1, -0.05) is 79.2 Å². The van der Waals surface area contributed by atoms with Gasteiger partial charge in [0.25, 0.3) is 0 Å². The third kappa shape index (κ3) is 6.64. The van der Waals surface area contributed by atoms with Crippen molar-refractivity contribution in [2.45, 2.75) is 85.2 Å². The van der Waals surface area contributed by atoms with Gasteiger partial charge in [-0.05, 0) is 52.8 Å². The normalized spacial score (nSPS) is 19.6. The molecule has 0 spiro atoms. The molecule has 1 heterocycles. The zero-order valence-corrected chi connectivity index (χ0v) is 25.0. The van der Waals surface area contributed by atoms with Crippen LogP contribution >= 0.6 is 16.1 Å². The van der Waals surface area contributed by atoms with E-state index in [0.717, 1.165) is 53.9 Å². The third-order valence-electron chi connectivity index (χ3n) is 7.54. The van der Waals surface area contributed by atoms with E-state index in [2.05, 4.69) is 79.6 Å². The molecule has 5 nitrogen and oxygen atoms in total. The number of amidine groups is 1. The van der Waals surface area contributed by atoms with Crippen LogP contribution in [0.3, 0.4) is 0 Å². The largest absolute Gasteiger partial charge is 0.507 e. The molecule has 2 N–H and O–H groups in total. The number of aliphatic hydroxyl groups excluding tert-OH is 1. The number of phenols is 1. The second-order valence-corrected chi connectivity index (χ2v) is 12.8. The number of rotatable bonds is 8. The molecule has 37 heavy (non-hydrogen) atoms. The number of phenolic OH excluding ortho intramolecular Hbond substituents is 1. The van der Waals surface area contributed by atoms with Crippen LogP contribution < -0.4 is 0 Å². The van der Waals surface area contributed by atoms with Crippen LogP contribution in [0.15, 0.2) is 40.4 Å². The average Bonchev–Trinajstić information content (AvgIpc) is 3.13. The number of nitrogens with zero attached hydrogens (tertiary/aromatic N) is 2. The Balaban J connectivity index is 1.94. The van der Waals surface area contributed by atoms with Crippen molar-refractivity contribution in [3.63, 3.8) is 0 Å². The minimum Gasteiger partial charge on any atom is -0.507 e. The van der Waals surface area contributed by atoms with Crippen molar-refractivity contribution in [2.24, 2.45) is 15.9 Å². The van der Waals surface area contributed by atoms with E-state index in [1.165, 1.54) is 0 Å². The minimum atomic E-state index is -0.298. The fourth-order valence-corrected chi connectivity index (χ4v) is 5.97. The molecule has 0 radical (unpaired) electrons. The minimum absolute atomic E-state index is 0.0113. The number of hydrogen-bond donors (Lipinski definition) is 2. The Bertz CT molecular complexity index is 1110. The van der Waals surface area contributed by atoms with Gasteiger partial charge >= 0.3 is 0 Å². The molecule has 0 bridgehead atoms. The Kier molecular flexibility index (Phi) is 9.28. The van der Waals surface area contributed by atoms with Gasteiger partial charge in [0.2, 0.25) is 0 Å². The molecule has 0 saturated carbocycles. The van der Waals surface area contributed by atoms with Crippen LogP contribution in [0.1, 0.15) is 93.9 Å². The third-order valence-corrected chi connectivity index (χ3v) is 7.90. The lowest BCUT2D eigenvalue weighted by Crippen LogP contribution is -2.33. The van der Waals surface area contributed by atoms with Crippen LogP contribution in [0.2, 0.25) is 0 Å². The number of aromatic hydroxyl groups is 1. The van der Waals surface area contributed by atoms with Gasteiger partial charge < -0.3 is 15.1 Å². The molecular formula is C31H43BrN2O3. The maximum Gasteiger partial charge on any atom is 0.182 e. The molecular weight excluding hydrogens is 528 g/mol. The Morgan fingerprint density at radius 3 is 2.11 bits per heavy atom. The summed E-state index contributed by atoms with van der Waals surface area (Å²) in [5, 5.41) is 20.9. The van der Waals surface area contributed by atoms with Gasteiger partial charge in [0.1, 0.15) is 11.6 Å². The Labute approximate surface area is 231 Å². The van der Waals surface area contributed by atoms with Gasteiger partial charge in [-0.3, -0.25) is 4.79 Å². The van der Waals surface area contributed by atoms with Gasteiger partial charge in [0.05, 0.1) is 29.3 Å². The van der Waals surface area contributed by atoms with Crippen molar-refractivity contribution >= 4 is 27.8 Å². The molecule has 1 saturated heterocycles. The number of halogens is 1. The molecule has 0 amide bonds. The molecule has 1 aliphatic rings. The molecule has 0 aromatic heterocycles. The lowest BCUT2D eigenvalue weighted by Gasteiger charge is -2.28. The number of ketones is 1. The summed E-state index contributed by atoms with van der Waals surface area (Å²) in [6.45, 7) is 15.6. The Morgan fingerprint density at radius 1 is 1.05 bits per heavy atom. The number of carbonyl (C=O) groups excluding carboxylic acids is 1. The van der Waals surface area contributed by atoms with Gasteiger partial charge in [0.15, 0.2) is 5.78 Å². The molecule has 1 fully saturated rings. The number of likely N-dealkylation sites (tertiary alicyclic amines) is 1. The fourth-order valence-electron chi connectivity index (χ4n) is 5.48. The summed E-state index contributed by atoms with van der Waals surface area (Å²) in [5.41, 5.74) is 3.68. The van der Waals surface area contributed by atoms with Crippen molar-refractivity contribution in [1.82, 2.24) is 4.90 Å². The molecule has 2 aromatic rings. The van der Waals surface area contributed by atoms with E-state index in [4.69, 9.17) is 0 Å². The molecule has 202 valence electrons. The zero-order chi connectivity index (χ0) is 27.5. The highest BCUT2D eigenvalue weighted by molar-refractivity contribution is 9.08. The zero-order valence-electron chi connectivity index (χ0n) is 23.4. The maximum absolute atomic E-state index is 13.7. The molecule has 2 atom stereocenters. The number of hydrogen-bond acceptors (Lipinski definition) is 4. The van der Waals surface area contributed by atoms with Gasteiger partial charge in [-0.25, -0.2) is 0 Å². The monoisotopic (exact) mass is 570 g/mol. The lowest BCUT2D eigenvalue weighted by molar-refractivity contribution is 0.0963. The predicted molar refractivity (Wildman–Crippen MR) is 156 cm³/mol. The summed E-state index contributed by atoms with van der Waals surface area (Å²) in [6.07, 6.45) is 2.88. The first-order chi connectivity index (χ1) is 17.3. The average molecular weight is 572 g/mol. The highest BCUT2D eigenvalue weighted by Gasteiger charge is 2.39. The van der Waals surface area contributed by atoms with Crippen molar-refractivity contribution in [2.75, 3.05) is 13.1 Å². The summed E-state index contributed by atoms with van der Waals surface area (Å²) < 4.78 is 4.51. The topological polar surface area (TPSA) is 73.1 Å². The van der Waals surface area contributed by atoms with Crippen LogP contribution in [-0.4, -0.2) is 39.8 Å². The van der Waals surface area contributed by atoms with Crippen LogP contribution in [0, 0.1) is 11.8 Å². The summed E-state index contributed by atoms with van der Waals surface area (Å²) in [4.78, 5) is 15.9. The van der Waals surface area contributed by atoms with Crippen LogP contribution in [-0.2, 0) is 23.9 Å².